The molecule has 0 radical (unpaired) electrons. The number of urea groups is 1. The molecular weight excluding hydrogens is 210 g/mol. The Morgan fingerprint density at radius 2 is 1.81 bits per heavy atom. The maximum atomic E-state index is 11.2. The van der Waals surface area contributed by atoms with Gasteiger partial charge in [0, 0.05) is 19.6 Å². The van der Waals surface area contributed by atoms with Crippen molar-refractivity contribution in [1.29, 1.82) is 0 Å². The molecular formula is C10H21N3O3. The molecule has 0 saturated heterocycles. The van der Waals surface area contributed by atoms with Gasteiger partial charge in [0.25, 0.3) is 0 Å². The lowest BCUT2D eigenvalue weighted by atomic mass is 10.2. The average molecular weight is 231 g/mol. The second-order valence-electron chi connectivity index (χ2n) is 4.38. The van der Waals surface area contributed by atoms with Crippen LogP contribution in [-0.4, -0.2) is 37.2 Å². The molecule has 0 aliphatic heterocycles. The zero-order valence-electron chi connectivity index (χ0n) is 10.1. The number of rotatable bonds is 6. The number of carbonyl (C=O) groups is 2. The minimum atomic E-state index is -0.547. The van der Waals surface area contributed by atoms with Gasteiger partial charge in [-0.3, -0.25) is 4.79 Å². The van der Waals surface area contributed by atoms with Gasteiger partial charge in [-0.25, -0.2) is 4.79 Å². The van der Waals surface area contributed by atoms with Crippen molar-refractivity contribution in [1.82, 2.24) is 10.6 Å². The summed E-state index contributed by atoms with van der Waals surface area (Å²) in [6.45, 7) is 7.03. The highest BCUT2D eigenvalue weighted by Gasteiger charge is 2.15. The van der Waals surface area contributed by atoms with Crippen molar-refractivity contribution in [2.24, 2.45) is 5.73 Å². The summed E-state index contributed by atoms with van der Waals surface area (Å²) in [5, 5.41) is 5.42. The number of carbonyl (C=O) groups excluding carboxylic acids is 2. The van der Waals surface area contributed by atoms with Crippen LogP contribution >= 0.6 is 0 Å². The molecule has 0 aliphatic carbocycles. The second-order valence-corrected chi connectivity index (χ2v) is 4.38. The van der Waals surface area contributed by atoms with E-state index < -0.39 is 11.6 Å². The van der Waals surface area contributed by atoms with Crippen molar-refractivity contribution >= 4 is 12.0 Å². The summed E-state index contributed by atoms with van der Waals surface area (Å²) in [7, 11) is 0. The maximum absolute atomic E-state index is 11.2. The Labute approximate surface area is 95.9 Å². The van der Waals surface area contributed by atoms with E-state index in [1.54, 1.807) is 0 Å². The van der Waals surface area contributed by atoms with Gasteiger partial charge in [-0.05, 0) is 20.8 Å². The molecule has 0 rings (SSSR count). The summed E-state index contributed by atoms with van der Waals surface area (Å²) in [6, 6.07) is -0.547. The molecule has 4 N–H and O–H groups in total. The third kappa shape index (κ3) is 10.8. The number of esters is 1. The Hall–Kier alpha value is -1.30. The summed E-state index contributed by atoms with van der Waals surface area (Å²) in [4.78, 5) is 21.6. The molecule has 2 amide bonds. The number of nitrogens with one attached hydrogen (secondary N) is 2. The lowest BCUT2D eigenvalue weighted by Gasteiger charge is -2.19. The Balaban J connectivity index is 3.38. The molecule has 6 heteroatoms. The minimum Gasteiger partial charge on any atom is -0.460 e. The van der Waals surface area contributed by atoms with Crippen molar-refractivity contribution in [3.63, 3.8) is 0 Å². The van der Waals surface area contributed by atoms with Gasteiger partial charge < -0.3 is 21.1 Å². The molecule has 0 aromatic rings. The van der Waals surface area contributed by atoms with Crippen LogP contribution in [-0.2, 0) is 9.53 Å². The van der Waals surface area contributed by atoms with E-state index in [1.165, 1.54) is 0 Å². The molecule has 0 aromatic heterocycles. The van der Waals surface area contributed by atoms with Crippen LogP contribution in [0.1, 0.15) is 27.2 Å². The van der Waals surface area contributed by atoms with Gasteiger partial charge in [0.15, 0.2) is 0 Å². The second kappa shape index (κ2) is 7.05. The zero-order chi connectivity index (χ0) is 12.6. The number of nitrogens with two attached hydrogens (primary N) is 1. The van der Waals surface area contributed by atoms with Gasteiger partial charge in [0.05, 0.1) is 6.42 Å². The molecule has 94 valence electrons. The van der Waals surface area contributed by atoms with Crippen molar-refractivity contribution in [2.45, 2.75) is 32.8 Å². The van der Waals surface area contributed by atoms with E-state index in [-0.39, 0.29) is 5.97 Å². The van der Waals surface area contributed by atoms with Crippen LogP contribution in [0.2, 0.25) is 0 Å². The topological polar surface area (TPSA) is 93.4 Å². The largest absolute Gasteiger partial charge is 0.460 e. The van der Waals surface area contributed by atoms with E-state index in [0.717, 1.165) is 0 Å². The van der Waals surface area contributed by atoms with E-state index in [0.29, 0.717) is 26.1 Å². The summed E-state index contributed by atoms with van der Waals surface area (Å²) in [6.07, 6.45) is 0.313. The first kappa shape index (κ1) is 14.7. The van der Waals surface area contributed by atoms with Gasteiger partial charge in [-0.15, -0.1) is 0 Å². The van der Waals surface area contributed by atoms with Crippen LogP contribution in [0.15, 0.2) is 0 Å². The van der Waals surface area contributed by atoms with E-state index in [4.69, 9.17) is 10.5 Å². The first-order chi connectivity index (χ1) is 7.31. The summed E-state index contributed by atoms with van der Waals surface area (Å²) < 4.78 is 5.11. The van der Waals surface area contributed by atoms with Gasteiger partial charge in [-0.1, -0.05) is 0 Å². The summed E-state index contributed by atoms with van der Waals surface area (Å²) in [5.74, 6) is -0.233. The van der Waals surface area contributed by atoms with Gasteiger partial charge in [0.1, 0.15) is 5.60 Å². The standard InChI is InChI=1S/C10H21N3O3/c1-10(2,3)16-8(14)4-5-12-6-7-13-9(11)15/h12H,4-7H2,1-3H3,(H3,11,13,15). The molecule has 0 aliphatic rings. The molecule has 0 aromatic carbocycles. The number of hydrogen-bond donors (Lipinski definition) is 3. The molecule has 0 bridgehead atoms. The molecule has 16 heavy (non-hydrogen) atoms. The number of primary amides is 1. The number of hydrogen-bond acceptors (Lipinski definition) is 4. The molecule has 0 atom stereocenters. The highest BCUT2D eigenvalue weighted by molar-refractivity contribution is 5.71. The predicted octanol–water partition coefficient (Wildman–Crippen LogP) is -0.0239. The lowest BCUT2D eigenvalue weighted by Crippen LogP contribution is -2.36. The van der Waals surface area contributed by atoms with Crippen LogP contribution in [0.3, 0.4) is 0 Å². The van der Waals surface area contributed by atoms with Crippen LogP contribution in [0.4, 0.5) is 4.79 Å². The molecule has 6 nitrogen and oxygen atoms in total. The Kier molecular flexibility index (Phi) is 6.48. The highest BCUT2D eigenvalue weighted by Crippen LogP contribution is 2.07. The molecule has 0 spiro atoms. The zero-order valence-corrected chi connectivity index (χ0v) is 10.1. The molecule has 0 heterocycles. The fraction of sp³-hybridized carbons (Fsp3) is 0.800. The fourth-order valence-corrected chi connectivity index (χ4v) is 0.982. The van der Waals surface area contributed by atoms with Crippen molar-refractivity contribution in [2.75, 3.05) is 19.6 Å². The summed E-state index contributed by atoms with van der Waals surface area (Å²) >= 11 is 0. The first-order valence-electron chi connectivity index (χ1n) is 5.27. The minimum absolute atomic E-state index is 0.233. The van der Waals surface area contributed by atoms with Crippen molar-refractivity contribution in [3.8, 4) is 0 Å². The monoisotopic (exact) mass is 231 g/mol. The summed E-state index contributed by atoms with van der Waals surface area (Å²) in [5.41, 5.74) is 4.43. The highest BCUT2D eigenvalue weighted by atomic mass is 16.6. The third-order valence-corrected chi connectivity index (χ3v) is 1.53. The fourth-order valence-electron chi connectivity index (χ4n) is 0.982. The third-order valence-electron chi connectivity index (χ3n) is 1.53. The normalized spacial score (nSPS) is 10.9. The predicted molar refractivity (Wildman–Crippen MR) is 60.9 cm³/mol. The van der Waals surface area contributed by atoms with Gasteiger partial charge in [-0.2, -0.15) is 0 Å². The first-order valence-corrected chi connectivity index (χ1v) is 5.27. The van der Waals surface area contributed by atoms with Crippen LogP contribution in [0, 0.1) is 0 Å². The van der Waals surface area contributed by atoms with Crippen LogP contribution < -0.4 is 16.4 Å². The quantitative estimate of drug-likeness (QED) is 0.442. The van der Waals surface area contributed by atoms with E-state index in [2.05, 4.69) is 10.6 Å². The van der Waals surface area contributed by atoms with E-state index in [9.17, 15) is 9.59 Å². The van der Waals surface area contributed by atoms with Crippen molar-refractivity contribution < 1.29 is 14.3 Å². The Morgan fingerprint density at radius 1 is 1.19 bits per heavy atom. The average Bonchev–Trinajstić information content (AvgIpc) is 2.07. The molecule has 0 unspecified atom stereocenters. The van der Waals surface area contributed by atoms with Crippen LogP contribution in [0.5, 0.6) is 0 Å². The molecule has 0 saturated carbocycles. The molecule has 0 fully saturated rings. The van der Waals surface area contributed by atoms with Gasteiger partial charge in [0.2, 0.25) is 0 Å². The van der Waals surface area contributed by atoms with Crippen molar-refractivity contribution in [3.05, 3.63) is 0 Å². The lowest BCUT2D eigenvalue weighted by molar-refractivity contribution is -0.154. The number of amides is 2. The smallest absolute Gasteiger partial charge is 0.312 e. The maximum Gasteiger partial charge on any atom is 0.312 e. The van der Waals surface area contributed by atoms with Crippen LogP contribution in [0.25, 0.3) is 0 Å². The number of ether oxygens (including phenoxy) is 1. The van der Waals surface area contributed by atoms with E-state index >= 15 is 0 Å². The van der Waals surface area contributed by atoms with Gasteiger partial charge >= 0.3 is 12.0 Å². The Bertz CT molecular complexity index is 236. The SMILES string of the molecule is CC(C)(C)OC(=O)CCNCCNC(N)=O. The van der Waals surface area contributed by atoms with E-state index in [1.807, 2.05) is 20.8 Å². The Morgan fingerprint density at radius 3 is 2.31 bits per heavy atom.